The lowest BCUT2D eigenvalue weighted by Crippen LogP contribution is -2.36. The number of likely N-dealkylation sites (N-methyl/N-ethyl adjacent to an activating group) is 1. The van der Waals surface area contributed by atoms with E-state index in [2.05, 4.69) is 10.5 Å². The Morgan fingerprint density at radius 1 is 1.16 bits per heavy atom. The number of nitrogens with zero attached hydrogens (tertiary/aromatic N) is 3. The summed E-state index contributed by atoms with van der Waals surface area (Å²) in [5, 5.41) is 6.21. The molecule has 0 spiro atoms. The molecule has 1 N–H and O–H groups in total. The number of carbonyl (C=O) groups is 1. The highest BCUT2D eigenvalue weighted by molar-refractivity contribution is 7.89. The van der Waals surface area contributed by atoms with Crippen LogP contribution in [0.1, 0.15) is 30.7 Å². The molecule has 1 saturated heterocycles. The van der Waals surface area contributed by atoms with Crippen molar-refractivity contribution in [2.24, 2.45) is 0 Å². The maximum absolute atomic E-state index is 12.8. The van der Waals surface area contributed by atoms with Crippen molar-refractivity contribution < 1.29 is 26.2 Å². The highest BCUT2D eigenvalue weighted by Gasteiger charge is 2.30. The number of hydrogen-bond donors (Lipinski definition) is 1. The van der Waals surface area contributed by atoms with Gasteiger partial charge < -0.3 is 9.84 Å². The first-order chi connectivity index (χ1) is 14.5. The smallest absolute Gasteiger partial charge is 0.248 e. The van der Waals surface area contributed by atoms with Gasteiger partial charge in [0.05, 0.1) is 11.4 Å². The van der Waals surface area contributed by atoms with E-state index in [-0.39, 0.29) is 26.9 Å². The van der Waals surface area contributed by atoms with Crippen molar-refractivity contribution in [1.82, 2.24) is 13.8 Å². The van der Waals surface area contributed by atoms with Gasteiger partial charge in [0.2, 0.25) is 26.0 Å². The van der Waals surface area contributed by atoms with Crippen molar-refractivity contribution in [3.8, 4) is 0 Å². The molecule has 10 nitrogen and oxygen atoms in total. The summed E-state index contributed by atoms with van der Waals surface area (Å²) in [5.74, 6) is -0.467. The topological polar surface area (TPSA) is 130 Å². The molecule has 0 aliphatic carbocycles. The summed E-state index contributed by atoms with van der Waals surface area (Å²) in [6.45, 7) is 3.47. The lowest BCUT2D eigenvalue weighted by atomic mass is 10.2. The minimum atomic E-state index is -3.98. The Morgan fingerprint density at radius 2 is 1.84 bits per heavy atom. The summed E-state index contributed by atoms with van der Waals surface area (Å²) in [7, 11) is -6.35. The fourth-order valence-electron chi connectivity index (χ4n) is 3.48. The summed E-state index contributed by atoms with van der Waals surface area (Å²) < 4.78 is 58.4. The Kier molecular flexibility index (Phi) is 6.84. The van der Waals surface area contributed by atoms with Crippen LogP contribution in [0.3, 0.4) is 0 Å². The van der Waals surface area contributed by atoms with Crippen LogP contribution in [0.5, 0.6) is 0 Å². The summed E-state index contributed by atoms with van der Waals surface area (Å²) in [6.07, 6.45) is 2.65. The van der Waals surface area contributed by atoms with E-state index in [1.165, 1.54) is 43.4 Å². The Bertz CT molecular complexity index is 1150. The maximum Gasteiger partial charge on any atom is 0.248 e. The fraction of sp³-hybridized carbons (Fsp3) is 0.474. The lowest BCUT2D eigenvalue weighted by molar-refractivity contribution is -0.116. The van der Waals surface area contributed by atoms with E-state index in [4.69, 9.17) is 4.52 Å². The highest BCUT2D eigenvalue weighted by Crippen LogP contribution is 2.24. The third-order valence-corrected chi connectivity index (χ3v) is 9.02. The maximum atomic E-state index is 12.8. The number of rotatable bonds is 7. The number of benzene rings is 1. The molecule has 2 aromatic rings. The monoisotopic (exact) mass is 470 g/mol. The van der Waals surface area contributed by atoms with Gasteiger partial charge in [0.25, 0.3) is 0 Å². The molecule has 1 aliphatic rings. The number of sulfonamides is 2. The van der Waals surface area contributed by atoms with Crippen LogP contribution in [0.15, 0.2) is 38.6 Å². The minimum Gasteiger partial charge on any atom is -0.360 e. The SMILES string of the molecule is Cc1noc(C)c1S(=O)(=O)N(C)CC(=O)Nc1cccc(S(=O)(=O)N2CCCCC2)c1. The van der Waals surface area contributed by atoms with Gasteiger partial charge >= 0.3 is 0 Å². The van der Waals surface area contributed by atoms with Crippen molar-refractivity contribution in [1.29, 1.82) is 0 Å². The van der Waals surface area contributed by atoms with Crippen LogP contribution in [0.4, 0.5) is 5.69 Å². The van der Waals surface area contributed by atoms with Gasteiger partial charge in [-0.3, -0.25) is 4.79 Å². The molecule has 0 radical (unpaired) electrons. The zero-order chi connectivity index (χ0) is 22.8. The standard InChI is InChI=1S/C19H26N4O6S2/c1-14-19(15(2)29-21-14)31(27,28)22(3)13-18(24)20-16-8-7-9-17(12-16)30(25,26)23-10-5-4-6-11-23/h7-9,12H,4-6,10-11,13H2,1-3H3,(H,20,24). The number of hydrogen-bond acceptors (Lipinski definition) is 7. The van der Waals surface area contributed by atoms with Crippen LogP contribution in [0.25, 0.3) is 0 Å². The summed E-state index contributed by atoms with van der Waals surface area (Å²) in [6, 6.07) is 5.95. The molecule has 1 aromatic heterocycles. The van der Waals surface area contributed by atoms with E-state index in [0.717, 1.165) is 23.6 Å². The number of amides is 1. The van der Waals surface area contributed by atoms with Crippen LogP contribution < -0.4 is 5.32 Å². The molecule has 31 heavy (non-hydrogen) atoms. The average molecular weight is 471 g/mol. The van der Waals surface area contributed by atoms with E-state index in [1.54, 1.807) is 6.07 Å². The fourth-order valence-corrected chi connectivity index (χ4v) is 6.45. The van der Waals surface area contributed by atoms with Crippen molar-refractivity contribution in [2.75, 3.05) is 32.0 Å². The van der Waals surface area contributed by atoms with Gasteiger partial charge in [0.1, 0.15) is 10.6 Å². The van der Waals surface area contributed by atoms with E-state index >= 15 is 0 Å². The van der Waals surface area contributed by atoms with Crippen LogP contribution >= 0.6 is 0 Å². The largest absolute Gasteiger partial charge is 0.360 e. The number of piperidine rings is 1. The number of anilines is 1. The summed E-state index contributed by atoms with van der Waals surface area (Å²) in [4.78, 5) is 12.5. The van der Waals surface area contributed by atoms with Crippen molar-refractivity contribution in [3.05, 3.63) is 35.7 Å². The summed E-state index contributed by atoms with van der Waals surface area (Å²) in [5.41, 5.74) is 0.478. The molecule has 2 heterocycles. The van der Waals surface area contributed by atoms with Crippen LogP contribution in [-0.4, -0.2) is 63.2 Å². The number of aromatic nitrogens is 1. The van der Waals surface area contributed by atoms with E-state index < -0.39 is 32.5 Å². The van der Waals surface area contributed by atoms with Crippen LogP contribution in [-0.2, 0) is 24.8 Å². The van der Waals surface area contributed by atoms with Gasteiger partial charge in [0, 0.05) is 25.8 Å². The van der Waals surface area contributed by atoms with Crippen LogP contribution in [0.2, 0.25) is 0 Å². The molecule has 0 saturated carbocycles. The van der Waals surface area contributed by atoms with Crippen molar-refractivity contribution >= 4 is 31.6 Å². The molecule has 0 atom stereocenters. The first kappa shape index (κ1) is 23.4. The molecule has 1 fully saturated rings. The first-order valence-corrected chi connectivity index (χ1v) is 12.7. The van der Waals surface area contributed by atoms with Gasteiger partial charge in [-0.15, -0.1) is 0 Å². The number of nitrogens with one attached hydrogen (secondary N) is 1. The summed E-state index contributed by atoms with van der Waals surface area (Å²) >= 11 is 0. The predicted octanol–water partition coefficient (Wildman–Crippen LogP) is 1.73. The Morgan fingerprint density at radius 3 is 2.45 bits per heavy atom. The van der Waals surface area contributed by atoms with Gasteiger partial charge in [0.15, 0.2) is 5.76 Å². The Labute approximate surface area is 182 Å². The van der Waals surface area contributed by atoms with E-state index in [0.29, 0.717) is 13.1 Å². The highest BCUT2D eigenvalue weighted by atomic mass is 32.2. The van der Waals surface area contributed by atoms with Crippen molar-refractivity contribution in [3.63, 3.8) is 0 Å². The van der Waals surface area contributed by atoms with Crippen molar-refractivity contribution in [2.45, 2.75) is 42.9 Å². The lowest BCUT2D eigenvalue weighted by Gasteiger charge is -2.26. The molecule has 1 aromatic carbocycles. The van der Waals surface area contributed by atoms with Gasteiger partial charge in [-0.05, 0) is 44.9 Å². The van der Waals surface area contributed by atoms with E-state index in [9.17, 15) is 21.6 Å². The predicted molar refractivity (Wildman–Crippen MR) is 113 cm³/mol. The number of aryl methyl sites for hydroxylation is 2. The molecule has 0 unspecified atom stereocenters. The first-order valence-electron chi connectivity index (χ1n) is 9.83. The second-order valence-corrected chi connectivity index (χ2v) is 11.4. The Balaban J connectivity index is 1.72. The van der Waals surface area contributed by atoms with E-state index in [1.807, 2.05) is 0 Å². The molecule has 1 amide bonds. The third kappa shape index (κ3) is 4.97. The quantitative estimate of drug-likeness (QED) is 0.652. The average Bonchev–Trinajstić information content (AvgIpc) is 3.07. The molecule has 3 rings (SSSR count). The van der Waals surface area contributed by atoms with Gasteiger partial charge in [-0.1, -0.05) is 17.6 Å². The molecular formula is C19H26N4O6S2. The number of carbonyl (C=O) groups excluding carboxylic acids is 1. The van der Waals surface area contributed by atoms with Crippen LogP contribution in [0, 0.1) is 13.8 Å². The van der Waals surface area contributed by atoms with Gasteiger partial charge in [-0.2, -0.15) is 8.61 Å². The van der Waals surface area contributed by atoms with Gasteiger partial charge in [-0.25, -0.2) is 16.8 Å². The second-order valence-electron chi connectivity index (χ2n) is 7.46. The molecule has 0 bridgehead atoms. The normalized spacial score (nSPS) is 15.9. The second kappa shape index (κ2) is 9.07. The molecule has 1 aliphatic heterocycles. The zero-order valence-electron chi connectivity index (χ0n) is 17.7. The molecule has 170 valence electrons. The minimum absolute atomic E-state index is 0.0718. The zero-order valence-corrected chi connectivity index (χ0v) is 19.3. The molecule has 12 heteroatoms. The Hall–Kier alpha value is -2.28. The third-order valence-electron chi connectivity index (χ3n) is 5.07. The molecular weight excluding hydrogens is 444 g/mol.